The van der Waals surface area contributed by atoms with Gasteiger partial charge < -0.3 is 0 Å². The summed E-state index contributed by atoms with van der Waals surface area (Å²) in [5.74, 6) is -1.64. The molecule has 0 aliphatic rings. The minimum Gasteiger partial charge on any atom is -0.291 e. The van der Waals surface area contributed by atoms with Gasteiger partial charge in [0.2, 0.25) is 34.7 Å². The molecule has 3 unspecified atom stereocenters. The summed E-state index contributed by atoms with van der Waals surface area (Å²) in [4.78, 5) is 69.8. The summed E-state index contributed by atoms with van der Waals surface area (Å²) in [5.41, 5.74) is -1.59. The van der Waals surface area contributed by atoms with Crippen LogP contribution in [-0.2, 0) is 45.5 Å². The van der Waals surface area contributed by atoms with Gasteiger partial charge in [0, 0.05) is 50.8 Å². The van der Waals surface area contributed by atoms with Crippen LogP contribution < -0.4 is 0 Å². The molecule has 0 aromatic rings. The van der Waals surface area contributed by atoms with Crippen LogP contribution in [0, 0.1) is 34.0 Å². The molecule has 6 nitrogen and oxygen atoms in total. The Hall–Kier alpha value is -1.47. The van der Waals surface area contributed by atoms with Crippen LogP contribution in [0.2, 0.25) is 0 Å². The van der Waals surface area contributed by atoms with E-state index in [1.54, 1.807) is 62.3 Å². The normalized spacial score (nSPS) is 13.5. The molecule has 0 saturated heterocycles. The second-order valence-electron chi connectivity index (χ2n) is 15.0. The second-order valence-corrected chi connectivity index (χ2v) is 15.0. The number of unbranched alkanes of at least 4 members (excludes halogenated alkanes) is 3. The Bertz CT molecular complexity index is 754. The van der Waals surface area contributed by atoms with E-state index in [-0.39, 0.29) is 69.2 Å². The van der Waals surface area contributed by atoms with Crippen LogP contribution in [0.3, 0.4) is 0 Å². The van der Waals surface area contributed by atoms with Crippen LogP contribution in [-0.4, -0.2) is 34.7 Å². The summed E-state index contributed by atoms with van der Waals surface area (Å²) >= 11 is 0. The molecule has 0 N–H and O–H groups in total. The van der Waals surface area contributed by atoms with Gasteiger partial charge in [-0.05, 0) is 19.3 Å². The molecule has 0 spiro atoms. The number of hydrogen-bond acceptors (Lipinski definition) is 6. The maximum atomic E-state index is 11.6. The molecule has 255 valence electrons. The van der Waals surface area contributed by atoms with Crippen LogP contribution in [0.4, 0.5) is 0 Å². The fourth-order valence-corrected chi connectivity index (χ4v) is 3.70. The van der Waals surface area contributed by atoms with Gasteiger partial charge in [0.25, 0.3) is 0 Å². The first kappa shape index (κ1) is 48.4. The molecule has 0 rings (SSSR count). The van der Waals surface area contributed by atoms with Crippen molar-refractivity contribution < 1.29 is 45.5 Å². The predicted octanol–water partition coefficient (Wildman–Crippen LogP) is 8.99. The zero-order valence-corrected chi connectivity index (χ0v) is 31.4. The van der Waals surface area contributed by atoms with E-state index < -0.39 is 16.2 Å². The Balaban J connectivity index is -0.000000262. The van der Waals surface area contributed by atoms with E-state index in [1.165, 1.54) is 0 Å². The summed E-state index contributed by atoms with van der Waals surface area (Å²) in [6, 6.07) is 0. The summed E-state index contributed by atoms with van der Waals surface area (Å²) in [6.07, 6.45) is 8.76. The molecule has 0 aliphatic heterocycles. The molecule has 0 aromatic carbocycles. The van der Waals surface area contributed by atoms with Gasteiger partial charge >= 0.3 is 0 Å². The number of Topliss-reactive ketones (excluding diaryl/α,β-unsaturated/α-hetero) is 6. The molecule has 7 heteroatoms. The van der Waals surface area contributed by atoms with Crippen LogP contribution in [0.1, 0.15) is 162 Å². The Morgan fingerprint density at radius 1 is 0.419 bits per heavy atom. The van der Waals surface area contributed by atoms with Crippen molar-refractivity contribution in [1.82, 2.24) is 0 Å². The van der Waals surface area contributed by atoms with E-state index in [1.807, 2.05) is 20.8 Å². The third-order valence-electron chi connectivity index (χ3n) is 7.03. The third-order valence-corrected chi connectivity index (χ3v) is 7.03. The van der Waals surface area contributed by atoms with Gasteiger partial charge in [-0.3, -0.25) is 28.8 Å². The average Bonchev–Trinajstić information content (AvgIpc) is 2.89. The number of rotatable bonds is 15. The van der Waals surface area contributed by atoms with Gasteiger partial charge in [-0.2, -0.15) is 0 Å². The Morgan fingerprint density at radius 3 is 0.698 bits per heavy atom. The van der Waals surface area contributed by atoms with Crippen molar-refractivity contribution in [3.63, 3.8) is 0 Å². The average molecular weight is 654 g/mol. The number of hydrogen-bond donors (Lipinski definition) is 0. The first-order chi connectivity index (χ1) is 18.9. The summed E-state index contributed by atoms with van der Waals surface area (Å²) < 4.78 is 0. The van der Waals surface area contributed by atoms with Gasteiger partial charge in [0.15, 0.2) is 0 Å². The van der Waals surface area contributed by atoms with E-state index >= 15 is 0 Å². The summed E-state index contributed by atoms with van der Waals surface area (Å²) in [5, 5.41) is 0. The Kier molecular flexibility index (Phi) is 25.8. The van der Waals surface area contributed by atoms with Crippen molar-refractivity contribution in [2.24, 2.45) is 34.0 Å². The van der Waals surface area contributed by atoms with Crippen molar-refractivity contribution >= 4 is 34.7 Å². The molecule has 0 bridgehead atoms. The topological polar surface area (TPSA) is 102 Å². The second kappa shape index (κ2) is 22.9. The first-order valence-corrected chi connectivity index (χ1v) is 16.2. The molecule has 3 atom stereocenters. The number of carbonyl (C=O) groups excluding carboxylic acids is 6. The van der Waals surface area contributed by atoms with E-state index in [9.17, 15) is 28.8 Å². The maximum absolute atomic E-state index is 11.6. The van der Waals surface area contributed by atoms with Crippen molar-refractivity contribution in [3.05, 3.63) is 0 Å². The molecule has 0 aromatic heterocycles. The molecule has 0 fully saturated rings. The van der Waals surface area contributed by atoms with Crippen molar-refractivity contribution in [3.8, 4) is 0 Å². The van der Waals surface area contributed by atoms with E-state index in [4.69, 9.17) is 0 Å². The zero-order valence-electron chi connectivity index (χ0n) is 30.4. The molecule has 0 aliphatic carbocycles. The number of ketones is 6. The minimum atomic E-state index is -0.530. The van der Waals surface area contributed by atoms with Gasteiger partial charge in [-0.15, -0.1) is 0 Å². The van der Waals surface area contributed by atoms with Crippen molar-refractivity contribution in [2.45, 2.75) is 162 Å². The molecule has 0 amide bonds. The van der Waals surface area contributed by atoms with E-state index in [0.29, 0.717) is 0 Å². The fraction of sp³-hybridized carbons (Fsp3) is 0.833. The van der Waals surface area contributed by atoms with Gasteiger partial charge in [0.05, 0.1) is 0 Å². The monoisotopic (exact) mass is 653 g/mol. The smallest absolute Gasteiger partial charge is 0.203 e. The first-order valence-electron chi connectivity index (χ1n) is 16.2. The molecular weight excluding hydrogens is 587 g/mol. The van der Waals surface area contributed by atoms with Crippen LogP contribution >= 0.6 is 0 Å². The molecular formula is C36H66CoO6. The quantitative estimate of drug-likeness (QED) is 0.164. The molecule has 0 heterocycles. The molecule has 0 saturated carbocycles. The zero-order chi connectivity index (χ0) is 34.1. The van der Waals surface area contributed by atoms with E-state index in [2.05, 4.69) is 20.8 Å². The van der Waals surface area contributed by atoms with Crippen LogP contribution in [0.15, 0.2) is 0 Å². The standard InChI is InChI=1S/3C12H22O2.Co/c3*1-6-7-8-9(2)10(13)11(14)12(3,4)5;/h3*9H,6-8H2,1-5H3;. The van der Waals surface area contributed by atoms with Crippen LogP contribution in [0.25, 0.3) is 0 Å². The Labute approximate surface area is 275 Å². The summed E-state index contributed by atoms with van der Waals surface area (Å²) in [7, 11) is 0. The minimum absolute atomic E-state index is 0. The Morgan fingerprint density at radius 2 is 0.581 bits per heavy atom. The van der Waals surface area contributed by atoms with Crippen LogP contribution in [0.5, 0.6) is 0 Å². The largest absolute Gasteiger partial charge is 0.291 e. The third kappa shape index (κ3) is 21.8. The van der Waals surface area contributed by atoms with Crippen molar-refractivity contribution in [1.29, 1.82) is 0 Å². The summed E-state index contributed by atoms with van der Waals surface area (Å²) in [6.45, 7) is 27.9. The van der Waals surface area contributed by atoms with E-state index in [0.717, 1.165) is 57.8 Å². The fourth-order valence-electron chi connectivity index (χ4n) is 3.70. The van der Waals surface area contributed by atoms with Gasteiger partial charge in [-0.25, -0.2) is 0 Å². The van der Waals surface area contributed by atoms with Gasteiger partial charge in [0.1, 0.15) is 0 Å². The number of carbonyl (C=O) groups is 6. The molecule has 43 heavy (non-hydrogen) atoms. The SMILES string of the molecule is CCCCC(C)C(=O)C(=O)C(C)(C)C.CCCCC(C)C(=O)C(=O)C(C)(C)C.CCCCC(C)C(=O)C(=O)C(C)(C)C.[Co]. The maximum Gasteiger partial charge on any atom is 0.203 e. The molecule has 1 radical (unpaired) electrons. The van der Waals surface area contributed by atoms with Gasteiger partial charge in [-0.1, -0.05) is 142 Å². The van der Waals surface area contributed by atoms with Crippen molar-refractivity contribution in [2.75, 3.05) is 0 Å². The predicted molar refractivity (Wildman–Crippen MR) is 174 cm³/mol.